The van der Waals surface area contributed by atoms with Gasteiger partial charge in [-0.2, -0.15) is 0 Å². The molecule has 1 saturated heterocycles. The fraction of sp³-hybridized carbons (Fsp3) is 0.391. The summed E-state index contributed by atoms with van der Waals surface area (Å²) in [7, 11) is 0. The SMILES string of the molecule is CCOC(=O)C1CCN(C(=O)c2cc3scc(Br)c3n2Cc2ccccc2C)CC1. The van der Waals surface area contributed by atoms with Crippen LogP contribution in [0.1, 0.15) is 41.4 Å². The fourth-order valence-electron chi connectivity index (χ4n) is 4.07. The lowest BCUT2D eigenvalue weighted by molar-refractivity contribution is -0.149. The Kier molecular flexibility index (Phi) is 6.29. The minimum atomic E-state index is -0.142. The lowest BCUT2D eigenvalue weighted by Crippen LogP contribution is -2.41. The van der Waals surface area contributed by atoms with Gasteiger partial charge >= 0.3 is 5.97 Å². The fourth-order valence-corrected chi connectivity index (χ4v) is 5.76. The van der Waals surface area contributed by atoms with Crippen LogP contribution < -0.4 is 0 Å². The number of esters is 1. The van der Waals surface area contributed by atoms with Crippen LogP contribution in [0.15, 0.2) is 40.2 Å². The third kappa shape index (κ3) is 4.05. The number of piperidine rings is 1. The third-order valence-electron chi connectivity index (χ3n) is 5.79. The Hall–Kier alpha value is -2.12. The zero-order valence-corrected chi connectivity index (χ0v) is 19.6. The van der Waals surface area contributed by atoms with Crippen LogP contribution in [0.4, 0.5) is 0 Å². The lowest BCUT2D eigenvalue weighted by atomic mass is 9.97. The number of amides is 1. The molecule has 1 aliphatic rings. The number of carbonyl (C=O) groups excluding carboxylic acids is 2. The summed E-state index contributed by atoms with van der Waals surface area (Å²) >= 11 is 5.30. The second-order valence-electron chi connectivity index (χ2n) is 7.66. The summed E-state index contributed by atoms with van der Waals surface area (Å²) in [6, 6.07) is 10.3. The zero-order chi connectivity index (χ0) is 21.3. The summed E-state index contributed by atoms with van der Waals surface area (Å²) in [5.41, 5.74) is 4.17. The van der Waals surface area contributed by atoms with Crippen LogP contribution in [0.2, 0.25) is 0 Å². The van der Waals surface area contributed by atoms with E-state index in [0.29, 0.717) is 44.8 Å². The Morgan fingerprint density at radius 1 is 1.23 bits per heavy atom. The van der Waals surface area contributed by atoms with Crippen LogP contribution in [0, 0.1) is 12.8 Å². The van der Waals surface area contributed by atoms with Gasteiger partial charge in [-0.15, -0.1) is 11.3 Å². The molecule has 0 unspecified atom stereocenters. The molecular weight excluding hydrogens is 464 g/mol. The van der Waals surface area contributed by atoms with Crippen molar-refractivity contribution in [3.8, 4) is 0 Å². The zero-order valence-electron chi connectivity index (χ0n) is 17.2. The molecule has 3 aromatic rings. The summed E-state index contributed by atoms with van der Waals surface area (Å²) in [5, 5.41) is 2.07. The third-order valence-corrected chi connectivity index (χ3v) is 7.61. The highest BCUT2D eigenvalue weighted by Crippen LogP contribution is 2.35. The Morgan fingerprint density at radius 3 is 2.67 bits per heavy atom. The minimum absolute atomic E-state index is 0.0289. The van der Waals surface area contributed by atoms with Crippen molar-refractivity contribution in [2.45, 2.75) is 33.2 Å². The van der Waals surface area contributed by atoms with Gasteiger partial charge in [0.05, 0.1) is 27.2 Å². The first kappa shape index (κ1) is 21.1. The number of thiophene rings is 1. The van der Waals surface area contributed by atoms with Gasteiger partial charge in [-0.1, -0.05) is 24.3 Å². The molecule has 1 fully saturated rings. The van der Waals surface area contributed by atoms with Crippen molar-refractivity contribution in [2.75, 3.05) is 19.7 Å². The van der Waals surface area contributed by atoms with E-state index >= 15 is 0 Å². The van der Waals surface area contributed by atoms with Crippen LogP contribution in [-0.2, 0) is 16.1 Å². The molecule has 4 rings (SSSR count). The maximum atomic E-state index is 13.5. The molecule has 158 valence electrons. The van der Waals surface area contributed by atoms with E-state index in [0.717, 1.165) is 14.7 Å². The Labute approximate surface area is 188 Å². The summed E-state index contributed by atoms with van der Waals surface area (Å²) in [5.74, 6) is -0.219. The second-order valence-corrected chi connectivity index (χ2v) is 9.42. The van der Waals surface area contributed by atoms with E-state index in [1.54, 1.807) is 11.3 Å². The Bertz CT molecular complexity index is 1080. The smallest absolute Gasteiger partial charge is 0.309 e. The van der Waals surface area contributed by atoms with Gasteiger partial charge in [-0.25, -0.2) is 0 Å². The Balaban J connectivity index is 1.60. The van der Waals surface area contributed by atoms with Gasteiger partial charge in [0.25, 0.3) is 5.91 Å². The molecule has 0 aliphatic carbocycles. The molecule has 5 nitrogen and oxygen atoms in total. The number of halogens is 1. The Morgan fingerprint density at radius 2 is 1.97 bits per heavy atom. The van der Waals surface area contributed by atoms with Gasteiger partial charge in [0, 0.05) is 25.0 Å². The molecule has 0 spiro atoms. The monoisotopic (exact) mass is 488 g/mol. The van der Waals surface area contributed by atoms with Crippen molar-refractivity contribution in [2.24, 2.45) is 5.92 Å². The molecule has 7 heteroatoms. The molecule has 2 aromatic heterocycles. The predicted molar refractivity (Wildman–Crippen MR) is 123 cm³/mol. The molecule has 1 amide bonds. The van der Waals surface area contributed by atoms with E-state index in [-0.39, 0.29) is 17.8 Å². The van der Waals surface area contributed by atoms with Crippen molar-refractivity contribution in [1.82, 2.24) is 9.47 Å². The van der Waals surface area contributed by atoms with Crippen LogP contribution >= 0.6 is 27.3 Å². The number of aromatic nitrogens is 1. The second kappa shape index (κ2) is 8.94. The highest BCUT2D eigenvalue weighted by Gasteiger charge is 2.30. The molecule has 0 saturated carbocycles. The molecule has 0 atom stereocenters. The quantitative estimate of drug-likeness (QED) is 0.461. The number of rotatable bonds is 5. The number of ether oxygens (including phenoxy) is 1. The first-order valence-corrected chi connectivity index (χ1v) is 11.9. The number of likely N-dealkylation sites (tertiary alicyclic amines) is 1. The molecule has 0 bridgehead atoms. The predicted octanol–water partition coefficient (Wildman–Crippen LogP) is 5.24. The first-order chi connectivity index (χ1) is 14.5. The highest BCUT2D eigenvalue weighted by molar-refractivity contribution is 9.10. The number of fused-ring (bicyclic) bond motifs is 1. The number of benzene rings is 1. The number of nitrogens with zero attached hydrogens (tertiary/aromatic N) is 2. The van der Waals surface area contributed by atoms with E-state index in [4.69, 9.17) is 4.74 Å². The van der Waals surface area contributed by atoms with Crippen molar-refractivity contribution < 1.29 is 14.3 Å². The lowest BCUT2D eigenvalue weighted by Gasteiger charge is -2.31. The summed E-state index contributed by atoms with van der Waals surface area (Å²) < 4.78 is 9.38. The number of hydrogen-bond acceptors (Lipinski definition) is 4. The first-order valence-electron chi connectivity index (χ1n) is 10.3. The molecule has 0 N–H and O–H groups in total. The summed E-state index contributed by atoms with van der Waals surface area (Å²) in [6.07, 6.45) is 1.31. The number of hydrogen-bond donors (Lipinski definition) is 0. The van der Waals surface area contributed by atoms with Gasteiger partial charge in [0.15, 0.2) is 0 Å². The summed E-state index contributed by atoms with van der Waals surface area (Å²) in [4.78, 5) is 27.3. The van der Waals surface area contributed by atoms with Gasteiger partial charge in [-0.3, -0.25) is 9.59 Å². The van der Waals surface area contributed by atoms with Gasteiger partial charge in [-0.05, 0) is 59.8 Å². The van der Waals surface area contributed by atoms with Crippen molar-refractivity contribution in [3.05, 3.63) is 57.0 Å². The van der Waals surface area contributed by atoms with Crippen LogP contribution in [-0.4, -0.2) is 41.0 Å². The van der Waals surface area contributed by atoms with Crippen LogP contribution in [0.25, 0.3) is 10.2 Å². The molecule has 0 radical (unpaired) electrons. The van der Waals surface area contributed by atoms with Crippen molar-refractivity contribution >= 4 is 49.4 Å². The maximum Gasteiger partial charge on any atom is 0.309 e. The van der Waals surface area contributed by atoms with Gasteiger partial charge < -0.3 is 14.2 Å². The molecule has 1 aliphatic heterocycles. The van der Waals surface area contributed by atoms with E-state index in [9.17, 15) is 9.59 Å². The van der Waals surface area contributed by atoms with E-state index in [1.807, 2.05) is 30.0 Å². The molecular formula is C23H25BrN2O3S. The van der Waals surface area contributed by atoms with Crippen LogP contribution in [0.3, 0.4) is 0 Å². The molecule has 30 heavy (non-hydrogen) atoms. The van der Waals surface area contributed by atoms with Gasteiger partial charge in [0.2, 0.25) is 0 Å². The average molecular weight is 489 g/mol. The number of aryl methyl sites for hydroxylation is 1. The summed E-state index contributed by atoms with van der Waals surface area (Å²) in [6.45, 7) is 6.12. The van der Waals surface area contributed by atoms with Crippen molar-refractivity contribution in [3.63, 3.8) is 0 Å². The van der Waals surface area contributed by atoms with E-state index in [2.05, 4.69) is 44.9 Å². The number of carbonyl (C=O) groups is 2. The normalized spacial score (nSPS) is 15.0. The van der Waals surface area contributed by atoms with Gasteiger partial charge in [0.1, 0.15) is 5.69 Å². The highest BCUT2D eigenvalue weighted by atomic mass is 79.9. The minimum Gasteiger partial charge on any atom is -0.466 e. The topological polar surface area (TPSA) is 51.5 Å². The average Bonchev–Trinajstić information content (AvgIpc) is 3.29. The van der Waals surface area contributed by atoms with E-state index in [1.165, 1.54) is 11.1 Å². The molecule has 1 aromatic carbocycles. The standard InChI is InChI=1S/C23H25BrN2O3S/c1-3-29-23(28)16-8-10-25(11-9-16)22(27)19-12-20-21(18(24)14-30-20)26(19)13-17-7-5-4-6-15(17)2/h4-7,12,14,16H,3,8-11,13H2,1-2H3. The van der Waals surface area contributed by atoms with E-state index < -0.39 is 0 Å². The van der Waals surface area contributed by atoms with Crippen LogP contribution in [0.5, 0.6) is 0 Å². The maximum absolute atomic E-state index is 13.5. The van der Waals surface area contributed by atoms with Crippen molar-refractivity contribution in [1.29, 1.82) is 0 Å². The largest absolute Gasteiger partial charge is 0.466 e. The molecule has 3 heterocycles.